The van der Waals surface area contributed by atoms with Crippen LogP contribution in [0, 0.1) is 35.8 Å². The van der Waals surface area contributed by atoms with E-state index in [-0.39, 0.29) is 55.2 Å². The van der Waals surface area contributed by atoms with Gasteiger partial charge in [-0.3, -0.25) is 55.6 Å². The molecule has 2 aliphatic rings. The standard InChI is InChI=1S/C44H45N9O15S/c1-27(50(44(58)68-25-30-7-15-35(16-8-30)53(63)64)41(45)47-42(56)66-23-28-3-11-33(12-4-28)51(59)60)39(54)46-32-20-48(21-32)40(55)38-19-37(69-26-31-9-17-36(65-2)18-10-31)22-49(38)43(57)67-24-29-5-13-34(14-6-29)52(61)62/h3-18,27,32,37-38H,19-26H2,1-2H3,(H,46,54)(H2,45,47,56)/t27-,37-,38-/m0/s1. The molecule has 0 unspecified atom stereocenters. The average Bonchev–Trinajstić information content (AvgIpc) is 3.77. The maximum Gasteiger partial charge on any atom is 0.417 e. The monoisotopic (exact) mass is 971 g/mol. The molecule has 0 saturated carbocycles. The smallest absolute Gasteiger partial charge is 0.417 e. The Balaban J connectivity index is 1.08. The summed E-state index contributed by atoms with van der Waals surface area (Å²) in [5.41, 5.74) is 1.66. The van der Waals surface area contributed by atoms with Gasteiger partial charge in [-0.2, -0.15) is 11.8 Å². The number of methoxy groups -OCH3 is 1. The second-order valence-electron chi connectivity index (χ2n) is 15.6. The second kappa shape index (κ2) is 22.9. The van der Waals surface area contributed by atoms with Gasteiger partial charge < -0.3 is 29.2 Å². The van der Waals surface area contributed by atoms with Crippen LogP contribution in [0.25, 0.3) is 0 Å². The molecular formula is C44H45N9O15S. The van der Waals surface area contributed by atoms with Crippen LogP contribution >= 0.6 is 11.8 Å². The number of amides is 5. The van der Waals surface area contributed by atoms with Gasteiger partial charge >= 0.3 is 18.3 Å². The molecule has 2 fully saturated rings. The number of likely N-dealkylation sites (tertiary alicyclic amines) is 2. The maximum absolute atomic E-state index is 14.1. The average molecular weight is 972 g/mol. The summed E-state index contributed by atoms with van der Waals surface area (Å²) in [7, 11) is 1.57. The van der Waals surface area contributed by atoms with Gasteiger partial charge in [-0.25, -0.2) is 19.3 Å². The van der Waals surface area contributed by atoms with E-state index in [1.165, 1.54) is 89.5 Å². The van der Waals surface area contributed by atoms with Crippen LogP contribution in [-0.2, 0) is 49.4 Å². The number of carbonyl (C=O) groups is 5. The third-order valence-electron chi connectivity index (χ3n) is 10.9. The Labute approximate surface area is 396 Å². The van der Waals surface area contributed by atoms with Crippen molar-refractivity contribution in [3.63, 3.8) is 0 Å². The second-order valence-corrected chi connectivity index (χ2v) is 16.9. The van der Waals surface area contributed by atoms with E-state index in [1.807, 2.05) is 24.3 Å². The normalized spacial score (nSPS) is 15.7. The molecule has 362 valence electrons. The number of guanidine groups is 1. The first-order valence-electron chi connectivity index (χ1n) is 20.9. The van der Waals surface area contributed by atoms with E-state index in [2.05, 4.69) is 10.6 Å². The lowest BCUT2D eigenvalue weighted by atomic mass is 10.1. The molecule has 0 aromatic heterocycles. The number of thioether (sulfide) groups is 1. The minimum atomic E-state index is -1.51. The molecule has 2 aliphatic heterocycles. The van der Waals surface area contributed by atoms with Crippen molar-refractivity contribution in [3.05, 3.63) is 150 Å². The molecule has 3 N–H and O–H groups in total. The number of non-ortho nitro benzene ring substituents is 3. The van der Waals surface area contributed by atoms with Crippen LogP contribution in [0.15, 0.2) is 97.1 Å². The largest absolute Gasteiger partial charge is 0.497 e. The summed E-state index contributed by atoms with van der Waals surface area (Å²) in [4.78, 5) is 102. The van der Waals surface area contributed by atoms with Gasteiger partial charge in [0.2, 0.25) is 17.8 Å². The first kappa shape index (κ1) is 50.1. The van der Waals surface area contributed by atoms with Gasteiger partial charge in [0, 0.05) is 67.0 Å². The molecule has 24 nitrogen and oxygen atoms in total. The van der Waals surface area contributed by atoms with Crippen LogP contribution < -0.4 is 15.4 Å². The van der Waals surface area contributed by atoms with Crippen LogP contribution in [0.5, 0.6) is 5.75 Å². The number of hydrogen-bond acceptors (Lipinski definition) is 17. The number of carbonyl (C=O) groups excluding carboxylic acids is 5. The number of rotatable bonds is 17. The van der Waals surface area contributed by atoms with Crippen molar-refractivity contribution in [1.82, 2.24) is 25.3 Å². The summed E-state index contributed by atoms with van der Waals surface area (Å²) in [5.74, 6) is -0.858. The van der Waals surface area contributed by atoms with E-state index in [1.54, 1.807) is 18.9 Å². The summed E-state index contributed by atoms with van der Waals surface area (Å²) in [6.07, 6.45) is -2.95. The van der Waals surface area contributed by atoms with E-state index in [0.29, 0.717) is 39.5 Å². The third kappa shape index (κ3) is 13.4. The van der Waals surface area contributed by atoms with Crippen LogP contribution in [0.1, 0.15) is 35.6 Å². The van der Waals surface area contributed by atoms with E-state index < -0.39 is 75.6 Å². The van der Waals surface area contributed by atoms with E-state index in [9.17, 15) is 54.3 Å². The highest BCUT2D eigenvalue weighted by Crippen LogP contribution is 2.33. The summed E-state index contributed by atoms with van der Waals surface area (Å²) in [6.45, 7) is 0.443. The van der Waals surface area contributed by atoms with Crippen LogP contribution in [-0.4, -0.2) is 116 Å². The first-order chi connectivity index (χ1) is 33.0. The molecule has 0 radical (unpaired) electrons. The lowest BCUT2D eigenvalue weighted by molar-refractivity contribution is -0.385. The predicted molar refractivity (Wildman–Crippen MR) is 244 cm³/mol. The fourth-order valence-electron chi connectivity index (χ4n) is 7.06. The lowest BCUT2D eigenvalue weighted by Gasteiger charge is -2.42. The fraction of sp³-hybridized carbons (Fsp3) is 0.318. The first-order valence-corrected chi connectivity index (χ1v) is 22.0. The van der Waals surface area contributed by atoms with Gasteiger partial charge in [-0.15, -0.1) is 0 Å². The Hall–Kier alpha value is -8.35. The third-order valence-corrected chi connectivity index (χ3v) is 12.2. The Bertz CT molecular complexity index is 2560. The highest BCUT2D eigenvalue weighted by molar-refractivity contribution is 7.99. The molecule has 3 atom stereocenters. The van der Waals surface area contributed by atoms with Gasteiger partial charge in [0.25, 0.3) is 17.1 Å². The Morgan fingerprint density at radius 2 is 1.20 bits per heavy atom. The quantitative estimate of drug-likeness (QED) is 0.0378. The van der Waals surface area contributed by atoms with E-state index in [4.69, 9.17) is 24.4 Å². The maximum atomic E-state index is 14.1. The molecule has 0 spiro atoms. The topological polar surface area (TPSA) is 309 Å². The predicted octanol–water partition coefficient (Wildman–Crippen LogP) is 5.65. The van der Waals surface area contributed by atoms with Crippen LogP contribution in [0.4, 0.5) is 31.4 Å². The number of alkyl carbamates (subject to hydrolysis) is 1. The van der Waals surface area contributed by atoms with Crippen LogP contribution in [0.3, 0.4) is 0 Å². The van der Waals surface area contributed by atoms with Gasteiger partial charge in [0.1, 0.15) is 37.7 Å². The Morgan fingerprint density at radius 1 is 0.725 bits per heavy atom. The number of nitrogens with zero attached hydrogens (tertiary/aromatic N) is 6. The molecule has 2 heterocycles. The molecule has 4 aromatic carbocycles. The molecule has 0 bridgehead atoms. The summed E-state index contributed by atoms with van der Waals surface area (Å²) >= 11 is 1.56. The number of hydrogen-bond donors (Lipinski definition) is 3. The number of ether oxygens (including phenoxy) is 4. The minimum absolute atomic E-state index is 0.0123. The van der Waals surface area contributed by atoms with Crippen molar-refractivity contribution >= 4 is 64.9 Å². The van der Waals surface area contributed by atoms with Crippen molar-refractivity contribution in [3.8, 4) is 5.75 Å². The highest BCUT2D eigenvalue weighted by atomic mass is 32.2. The number of benzene rings is 4. The molecule has 0 aliphatic carbocycles. The van der Waals surface area contributed by atoms with E-state index in [0.717, 1.165) is 5.56 Å². The zero-order valence-electron chi connectivity index (χ0n) is 36.9. The summed E-state index contributed by atoms with van der Waals surface area (Å²) in [6, 6.07) is 20.1. The Kier molecular flexibility index (Phi) is 16.6. The van der Waals surface area contributed by atoms with Gasteiger partial charge in [0.05, 0.1) is 27.9 Å². The Morgan fingerprint density at radius 3 is 1.70 bits per heavy atom. The highest BCUT2D eigenvalue weighted by Gasteiger charge is 2.45. The number of nitro groups is 3. The van der Waals surface area contributed by atoms with Crippen molar-refractivity contribution in [2.24, 2.45) is 0 Å². The molecular weight excluding hydrogens is 927 g/mol. The van der Waals surface area contributed by atoms with Crippen LogP contribution in [0.2, 0.25) is 0 Å². The van der Waals surface area contributed by atoms with Crippen molar-refractivity contribution in [2.75, 3.05) is 26.7 Å². The van der Waals surface area contributed by atoms with Crippen molar-refractivity contribution in [1.29, 1.82) is 5.41 Å². The molecule has 4 aromatic rings. The molecule has 2 saturated heterocycles. The summed E-state index contributed by atoms with van der Waals surface area (Å²) in [5, 5.41) is 46.4. The molecule has 25 heteroatoms. The van der Waals surface area contributed by atoms with E-state index >= 15 is 0 Å². The molecule has 69 heavy (non-hydrogen) atoms. The van der Waals surface area contributed by atoms with Crippen molar-refractivity contribution in [2.45, 2.75) is 62.3 Å². The number of nitrogens with one attached hydrogen (secondary N) is 3. The lowest BCUT2D eigenvalue weighted by Crippen LogP contribution is -2.66. The van der Waals surface area contributed by atoms with Gasteiger partial charge in [-0.05, 0) is 84.1 Å². The minimum Gasteiger partial charge on any atom is -0.497 e. The SMILES string of the molecule is COc1ccc(CS[C@H]2C[C@@H](C(=O)N3CC(NC(=O)[C@H](C)N(C(=N)NC(=O)OCc4ccc([N+](=O)[O-])cc4)C(=O)OCc4ccc([N+](=O)[O-])cc4)C3)N(C(=O)OCc3ccc([N+](=O)[O-])cc3)C2)cc1. The zero-order valence-corrected chi connectivity index (χ0v) is 37.7. The van der Waals surface area contributed by atoms with Gasteiger partial charge in [0.15, 0.2) is 0 Å². The van der Waals surface area contributed by atoms with Crippen molar-refractivity contribution < 1.29 is 57.7 Å². The summed E-state index contributed by atoms with van der Waals surface area (Å²) < 4.78 is 21.3. The van der Waals surface area contributed by atoms with Gasteiger partial charge in [-0.1, -0.05) is 12.1 Å². The molecule has 6 rings (SSSR count). The zero-order chi connectivity index (χ0) is 49.8. The fourth-order valence-corrected chi connectivity index (χ4v) is 8.26. The number of nitro benzene ring substituents is 3. The molecule has 5 amide bonds.